The molecule has 0 bridgehead atoms. The van der Waals surface area contributed by atoms with Crippen LogP contribution in [0.15, 0.2) is 53.8 Å². The number of hydrogen-bond acceptors (Lipinski definition) is 7. The Morgan fingerprint density at radius 2 is 2.10 bits per heavy atom. The molecule has 30 heavy (non-hydrogen) atoms. The molecule has 0 unspecified atom stereocenters. The van der Waals surface area contributed by atoms with Crippen molar-refractivity contribution < 1.29 is 9.63 Å². The molecule has 3 heterocycles. The van der Waals surface area contributed by atoms with E-state index in [1.807, 2.05) is 36.4 Å². The minimum absolute atomic E-state index is 0.207. The molecule has 0 radical (unpaired) electrons. The summed E-state index contributed by atoms with van der Waals surface area (Å²) in [4.78, 5) is 24.8. The van der Waals surface area contributed by atoms with Gasteiger partial charge in [0.25, 0.3) is 0 Å². The quantitative estimate of drug-likeness (QED) is 0.274. The maximum Gasteiger partial charge on any atom is 0.312 e. The summed E-state index contributed by atoms with van der Waals surface area (Å²) in [6.07, 6.45) is 1.78. The van der Waals surface area contributed by atoms with Crippen LogP contribution >= 0.6 is 0 Å². The lowest BCUT2D eigenvalue weighted by Crippen LogP contribution is -2.31. The summed E-state index contributed by atoms with van der Waals surface area (Å²) in [5, 5.41) is 16.0. The third-order valence-electron chi connectivity index (χ3n) is 4.42. The average Bonchev–Trinajstić information content (AvgIpc) is 3.15. The molecular formula is C20H20N8O2. The number of hydrogen-bond donors (Lipinski definition) is 2. The summed E-state index contributed by atoms with van der Waals surface area (Å²) in [5.41, 5.74) is 9.62. The molecule has 2 amide bonds. The van der Waals surface area contributed by atoms with Gasteiger partial charge in [0, 0.05) is 11.6 Å². The van der Waals surface area contributed by atoms with Crippen molar-refractivity contribution in [3.8, 4) is 0 Å². The molecule has 0 atom stereocenters. The Bertz CT molecular complexity index is 1230. The minimum atomic E-state index is -0.602. The molecule has 0 saturated heterocycles. The highest BCUT2D eigenvalue weighted by molar-refractivity contribution is 5.97. The molecule has 10 nitrogen and oxygen atoms in total. The van der Waals surface area contributed by atoms with E-state index in [4.69, 9.17) is 10.6 Å². The van der Waals surface area contributed by atoms with E-state index in [-0.39, 0.29) is 13.2 Å². The van der Waals surface area contributed by atoms with Gasteiger partial charge in [0.1, 0.15) is 17.8 Å². The third-order valence-corrected chi connectivity index (χ3v) is 4.42. The second-order valence-electron chi connectivity index (χ2n) is 6.62. The first-order valence-electron chi connectivity index (χ1n) is 9.34. The number of fused-ring (bicyclic) bond motifs is 2. The highest BCUT2D eigenvalue weighted by Crippen LogP contribution is 2.16. The minimum Gasteiger partial charge on any atom is -0.394 e. The predicted molar refractivity (Wildman–Crippen MR) is 112 cm³/mol. The van der Waals surface area contributed by atoms with E-state index >= 15 is 0 Å². The predicted octanol–water partition coefficient (Wildman–Crippen LogP) is 1.83. The van der Waals surface area contributed by atoms with Gasteiger partial charge in [0.05, 0.1) is 24.3 Å². The van der Waals surface area contributed by atoms with Crippen molar-refractivity contribution in [3.63, 3.8) is 0 Å². The Morgan fingerprint density at radius 1 is 1.23 bits per heavy atom. The molecule has 3 N–H and O–H groups in total. The molecule has 0 saturated carbocycles. The number of carbonyl (C=O) groups excluding carboxylic acids is 1. The fourth-order valence-electron chi connectivity index (χ4n) is 2.97. The molecule has 0 aliphatic rings. The van der Waals surface area contributed by atoms with E-state index in [2.05, 4.69) is 36.8 Å². The van der Waals surface area contributed by atoms with Crippen LogP contribution in [0.2, 0.25) is 0 Å². The molecule has 4 rings (SSSR count). The largest absolute Gasteiger partial charge is 0.394 e. The SMILES string of the molecule is C/C(=N\OCCNC(N)=O)c1ccc2nnn(Cc3ccc4ncccc4c3)c2n1. The van der Waals surface area contributed by atoms with Crippen LogP contribution in [0, 0.1) is 0 Å². The van der Waals surface area contributed by atoms with E-state index in [1.165, 1.54) is 0 Å². The van der Waals surface area contributed by atoms with Crippen molar-refractivity contribution in [1.82, 2.24) is 30.3 Å². The van der Waals surface area contributed by atoms with E-state index in [9.17, 15) is 4.79 Å². The number of rotatable bonds is 7. The molecule has 10 heteroatoms. The zero-order valence-corrected chi connectivity index (χ0v) is 16.3. The number of primary amides is 1. The Morgan fingerprint density at radius 3 is 2.97 bits per heavy atom. The first-order valence-corrected chi connectivity index (χ1v) is 9.34. The summed E-state index contributed by atoms with van der Waals surface area (Å²) < 4.78 is 1.75. The molecule has 1 aromatic carbocycles. The van der Waals surface area contributed by atoms with Gasteiger partial charge in [-0.2, -0.15) is 0 Å². The normalized spacial score (nSPS) is 11.7. The van der Waals surface area contributed by atoms with Crippen molar-refractivity contribution in [2.45, 2.75) is 13.5 Å². The number of oxime groups is 1. The molecule has 152 valence electrons. The van der Waals surface area contributed by atoms with Gasteiger partial charge < -0.3 is 15.9 Å². The van der Waals surface area contributed by atoms with Crippen molar-refractivity contribution in [1.29, 1.82) is 0 Å². The van der Waals surface area contributed by atoms with Gasteiger partial charge in [-0.25, -0.2) is 14.5 Å². The van der Waals surface area contributed by atoms with Gasteiger partial charge in [0.2, 0.25) is 0 Å². The van der Waals surface area contributed by atoms with Crippen LogP contribution in [0.1, 0.15) is 18.2 Å². The second-order valence-corrected chi connectivity index (χ2v) is 6.62. The first-order chi connectivity index (χ1) is 14.6. The van der Waals surface area contributed by atoms with E-state index in [0.717, 1.165) is 16.5 Å². The van der Waals surface area contributed by atoms with E-state index < -0.39 is 6.03 Å². The van der Waals surface area contributed by atoms with Crippen LogP contribution in [0.3, 0.4) is 0 Å². The number of urea groups is 1. The number of amides is 2. The van der Waals surface area contributed by atoms with Gasteiger partial charge in [-0.1, -0.05) is 22.5 Å². The number of aromatic nitrogens is 5. The molecule has 0 aliphatic heterocycles. The summed E-state index contributed by atoms with van der Waals surface area (Å²) in [5.74, 6) is 0. The monoisotopic (exact) mass is 404 g/mol. The Hall–Kier alpha value is -4.08. The third kappa shape index (κ3) is 4.32. The maximum atomic E-state index is 10.6. The van der Waals surface area contributed by atoms with Crippen molar-refractivity contribution in [2.24, 2.45) is 10.9 Å². The number of pyridine rings is 2. The summed E-state index contributed by atoms with van der Waals surface area (Å²) in [6.45, 7) is 2.80. The van der Waals surface area contributed by atoms with Crippen LogP contribution < -0.4 is 11.1 Å². The van der Waals surface area contributed by atoms with Crippen molar-refractivity contribution in [2.75, 3.05) is 13.2 Å². The molecule has 4 aromatic rings. The van der Waals surface area contributed by atoms with Gasteiger partial charge in [-0.3, -0.25) is 4.98 Å². The van der Waals surface area contributed by atoms with Crippen LogP contribution in [0.4, 0.5) is 4.79 Å². The second kappa shape index (κ2) is 8.52. The zero-order chi connectivity index (χ0) is 20.9. The average molecular weight is 404 g/mol. The smallest absolute Gasteiger partial charge is 0.312 e. The fourth-order valence-corrected chi connectivity index (χ4v) is 2.97. The van der Waals surface area contributed by atoms with Crippen molar-refractivity contribution >= 4 is 33.8 Å². The summed E-state index contributed by atoms with van der Waals surface area (Å²) >= 11 is 0. The van der Waals surface area contributed by atoms with Gasteiger partial charge in [-0.05, 0) is 42.8 Å². The number of nitrogens with zero attached hydrogens (tertiary/aromatic N) is 6. The zero-order valence-electron chi connectivity index (χ0n) is 16.3. The fraction of sp³-hybridized carbons (Fsp3) is 0.200. The molecule has 0 spiro atoms. The standard InChI is InChI=1S/C20H20N8O2/c1-13(26-30-10-9-23-20(21)29)16-6-7-18-19(24-16)28(27-25-18)12-14-4-5-17-15(11-14)3-2-8-22-17/h2-8,11H,9-10,12H2,1H3,(H3,21,23,29)/b26-13+. The van der Waals surface area contributed by atoms with Crippen LogP contribution in [0.5, 0.6) is 0 Å². The molecule has 0 aliphatic carbocycles. The highest BCUT2D eigenvalue weighted by Gasteiger charge is 2.10. The molecule has 0 fully saturated rings. The highest BCUT2D eigenvalue weighted by atomic mass is 16.6. The van der Waals surface area contributed by atoms with E-state index in [1.54, 1.807) is 17.8 Å². The molecular weight excluding hydrogens is 384 g/mol. The van der Waals surface area contributed by atoms with Crippen LogP contribution in [0.25, 0.3) is 22.1 Å². The first kappa shape index (κ1) is 19.2. The lowest BCUT2D eigenvalue weighted by Gasteiger charge is -2.05. The number of nitrogens with two attached hydrogens (primary N) is 1. The Labute approximate surface area is 171 Å². The van der Waals surface area contributed by atoms with Crippen LogP contribution in [-0.2, 0) is 11.4 Å². The Kier molecular flexibility index (Phi) is 5.46. The maximum absolute atomic E-state index is 10.6. The number of nitrogens with one attached hydrogen (secondary N) is 1. The van der Waals surface area contributed by atoms with Crippen molar-refractivity contribution in [3.05, 3.63) is 59.9 Å². The van der Waals surface area contributed by atoms with Crippen LogP contribution in [-0.4, -0.2) is 49.9 Å². The number of benzene rings is 1. The van der Waals surface area contributed by atoms with Gasteiger partial charge >= 0.3 is 6.03 Å². The lowest BCUT2D eigenvalue weighted by molar-refractivity contribution is 0.147. The summed E-state index contributed by atoms with van der Waals surface area (Å²) in [6, 6.07) is 13.1. The topological polar surface area (TPSA) is 133 Å². The van der Waals surface area contributed by atoms with E-state index in [0.29, 0.717) is 29.1 Å². The number of carbonyl (C=O) groups is 1. The lowest BCUT2D eigenvalue weighted by atomic mass is 10.1. The Balaban J connectivity index is 1.52. The van der Waals surface area contributed by atoms with Gasteiger partial charge in [-0.15, -0.1) is 5.10 Å². The van der Waals surface area contributed by atoms with Gasteiger partial charge in [0.15, 0.2) is 5.65 Å². The summed E-state index contributed by atoms with van der Waals surface area (Å²) in [7, 11) is 0. The molecule has 3 aromatic heterocycles.